The highest BCUT2D eigenvalue weighted by Gasteiger charge is 2.21. The fourth-order valence-corrected chi connectivity index (χ4v) is 3.09. The van der Waals surface area contributed by atoms with Gasteiger partial charge in [-0.2, -0.15) is 0 Å². The van der Waals surface area contributed by atoms with Gasteiger partial charge in [0.1, 0.15) is 5.75 Å². The van der Waals surface area contributed by atoms with Crippen molar-refractivity contribution in [3.8, 4) is 5.75 Å². The van der Waals surface area contributed by atoms with E-state index in [1.165, 1.54) is 6.07 Å². The first-order chi connectivity index (χ1) is 10.1. The van der Waals surface area contributed by atoms with Crippen molar-refractivity contribution >= 4 is 15.9 Å². The highest BCUT2D eigenvalue weighted by molar-refractivity contribution is 9.09. The Balaban J connectivity index is 1.99. The van der Waals surface area contributed by atoms with Gasteiger partial charge in [0.25, 0.3) is 0 Å². The first-order valence-electron chi connectivity index (χ1n) is 6.61. The minimum atomic E-state index is -1.45. The van der Waals surface area contributed by atoms with Gasteiger partial charge in [0.15, 0.2) is 17.5 Å². The van der Waals surface area contributed by atoms with E-state index in [0.717, 1.165) is 35.8 Å². The quantitative estimate of drug-likeness (QED) is 0.548. The van der Waals surface area contributed by atoms with Gasteiger partial charge in [-0.25, -0.2) is 13.2 Å². The molecule has 5 heteroatoms. The van der Waals surface area contributed by atoms with Crippen molar-refractivity contribution in [1.29, 1.82) is 0 Å². The molecule has 1 heterocycles. The summed E-state index contributed by atoms with van der Waals surface area (Å²) in [4.78, 5) is -0.542. The lowest BCUT2D eigenvalue weighted by Crippen LogP contribution is -2.09. The Morgan fingerprint density at radius 3 is 2.67 bits per heavy atom. The van der Waals surface area contributed by atoms with Crippen LogP contribution in [0, 0.1) is 17.5 Å². The molecular formula is C16H12BrF3O. The molecule has 1 unspecified atom stereocenters. The molecule has 1 aliphatic heterocycles. The predicted molar refractivity (Wildman–Crippen MR) is 77.3 cm³/mol. The Labute approximate surface area is 128 Å². The number of fused-ring (bicyclic) bond motifs is 1. The van der Waals surface area contributed by atoms with Crippen LogP contribution in [-0.2, 0) is 6.42 Å². The molecular weight excluding hydrogens is 345 g/mol. The molecule has 0 spiro atoms. The second-order valence-corrected chi connectivity index (χ2v) is 5.86. The third-order valence-corrected chi connectivity index (χ3v) is 4.59. The van der Waals surface area contributed by atoms with Crippen LogP contribution in [0.25, 0.3) is 0 Å². The molecule has 0 fully saturated rings. The lowest BCUT2D eigenvalue weighted by Gasteiger charge is -2.20. The molecule has 1 nitrogen and oxygen atoms in total. The molecule has 0 N–H and O–H groups in total. The first kappa shape index (κ1) is 14.4. The molecule has 110 valence electrons. The summed E-state index contributed by atoms with van der Waals surface area (Å²) in [5, 5.41) is 0. The predicted octanol–water partition coefficient (Wildman–Crippen LogP) is 4.91. The van der Waals surface area contributed by atoms with E-state index in [9.17, 15) is 13.2 Å². The van der Waals surface area contributed by atoms with E-state index in [4.69, 9.17) is 4.74 Å². The number of hydrogen-bond acceptors (Lipinski definition) is 1. The number of hydrogen-bond donors (Lipinski definition) is 0. The summed E-state index contributed by atoms with van der Waals surface area (Å²) < 4.78 is 45.7. The van der Waals surface area contributed by atoms with Crippen molar-refractivity contribution in [3.05, 3.63) is 64.5 Å². The van der Waals surface area contributed by atoms with Gasteiger partial charge in [-0.3, -0.25) is 0 Å². The van der Waals surface area contributed by atoms with Crippen molar-refractivity contribution in [1.82, 2.24) is 0 Å². The lowest BCUT2D eigenvalue weighted by molar-refractivity contribution is 0.288. The molecule has 2 aromatic carbocycles. The number of benzene rings is 2. The van der Waals surface area contributed by atoms with Gasteiger partial charge >= 0.3 is 0 Å². The summed E-state index contributed by atoms with van der Waals surface area (Å²) in [5.41, 5.74) is 1.90. The largest absolute Gasteiger partial charge is 0.493 e. The maximum atomic E-state index is 13.9. The highest BCUT2D eigenvalue weighted by Crippen LogP contribution is 2.36. The van der Waals surface area contributed by atoms with Crippen LogP contribution >= 0.6 is 15.9 Å². The van der Waals surface area contributed by atoms with Crippen molar-refractivity contribution in [2.24, 2.45) is 0 Å². The third kappa shape index (κ3) is 2.67. The number of rotatable bonds is 2. The van der Waals surface area contributed by atoms with E-state index >= 15 is 0 Å². The SMILES string of the molecule is Fc1ccc(C(Br)c2ccc3c(c2)CCCO3)c(F)c1F. The maximum Gasteiger partial charge on any atom is 0.194 e. The lowest BCUT2D eigenvalue weighted by atomic mass is 9.98. The van der Waals surface area contributed by atoms with Gasteiger partial charge in [-0.15, -0.1) is 0 Å². The van der Waals surface area contributed by atoms with Crippen molar-refractivity contribution < 1.29 is 17.9 Å². The minimum absolute atomic E-state index is 0.0746. The van der Waals surface area contributed by atoms with Crippen LogP contribution in [0.4, 0.5) is 13.2 Å². The second-order valence-electron chi connectivity index (χ2n) is 4.95. The van der Waals surface area contributed by atoms with E-state index < -0.39 is 22.3 Å². The van der Waals surface area contributed by atoms with E-state index in [1.54, 1.807) is 6.07 Å². The highest BCUT2D eigenvalue weighted by atomic mass is 79.9. The first-order valence-corrected chi connectivity index (χ1v) is 7.52. The smallest absolute Gasteiger partial charge is 0.194 e. The Bertz CT molecular complexity index is 687. The van der Waals surface area contributed by atoms with Gasteiger partial charge < -0.3 is 4.74 Å². The summed E-state index contributed by atoms with van der Waals surface area (Å²) in [7, 11) is 0. The zero-order chi connectivity index (χ0) is 15.0. The van der Waals surface area contributed by atoms with Gasteiger partial charge in [0.2, 0.25) is 0 Å². The van der Waals surface area contributed by atoms with Gasteiger partial charge in [-0.05, 0) is 36.1 Å². The van der Waals surface area contributed by atoms with Gasteiger partial charge in [-0.1, -0.05) is 34.1 Å². The maximum absolute atomic E-state index is 13.9. The summed E-state index contributed by atoms with van der Waals surface area (Å²) in [6.07, 6.45) is 1.83. The Morgan fingerprint density at radius 1 is 1.05 bits per heavy atom. The van der Waals surface area contributed by atoms with Crippen LogP contribution in [0.2, 0.25) is 0 Å². The molecule has 21 heavy (non-hydrogen) atoms. The molecule has 2 aromatic rings. The third-order valence-electron chi connectivity index (χ3n) is 3.56. The number of halogens is 4. The average molecular weight is 357 g/mol. The second kappa shape index (κ2) is 5.72. The molecule has 0 saturated carbocycles. The minimum Gasteiger partial charge on any atom is -0.493 e. The molecule has 0 amide bonds. The molecule has 0 saturated heterocycles. The summed E-state index contributed by atoms with van der Waals surface area (Å²) in [6.45, 7) is 0.696. The Hall–Kier alpha value is -1.49. The van der Waals surface area contributed by atoms with Crippen molar-refractivity contribution in [2.45, 2.75) is 17.7 Å². The number of aryl methyl sites for hydroxylation is 1. The average Bonchev–Trinajstić information content (AvgIpc) is 2.52. The standard InChI is InChI=1S/C16H12BrF3O/c17-14(11-4-5-12(18)16(20)15(11)19)10-3-6-13-9(8-10)2-1-7-21-13/h3-6,8,14H,1-2,7H2. The van der Waals surface area contributed by atoms with Crippen LogP contribution in [0.3, 0.4) is 0 Å². The van der Waals surface area contributed by atoms with Crippen LogP contribution in [-0.4, -0.2) is 6.61 Å². The molecule has 1 atom stereocenters. The van der Waals surface area contributed by atoms with Crippen LogP contribution < -0.4 is 4.74 Å². The van der Waals surface area contributed by atoms with Gasteiger partial charge in [0.05, 0.1) is 11.4 Å². The zero-order valence-electron chi connectivity index (χ0n) is 11.0. The normalized spacial score (nSPS) is 15.2. The van der Waals surface area contributed by atoms with Crippen molar-refractivity contribution in [2.75, 3.05) is 6.61 Å². The molecule has 3 rings (SSSR count). The molecule has 0 aliphatic carbocycles. The Kier molecular flexibility index (Phi) is 3.93. The molecule has 1 aliphatic rings. The zero-order valence-corrected chi connectivity index (χ0v) is 12.6. The Morgan fingerprint density at radius 2 is 1.86 bits per heavy atom. The van der Waals surface area contributed by atoms with E-state index in [1.807, 2.05) is 12.1 Å². The summed E-state index contributed by atoms with van der Waals surface area (Å²) in [6, 6.07) is 7.72. The summed E-state index contributed by atoms with van der Waals surface area (Å²) >= 11 is 3.36. The topological polar surface area (TPSA) is 9.23 Å². The fourth-order valence-electron chi connectivity index (χ4n) is 2.45. The molecule has 0 aromatic heterocycles. The van der Waals surface area contributed by atoms with Crippen LogP contribution in [0.5, 0.6) is 5.75 Å². The fraction of sp³-hybridized carbons (Fsp3) is 0.250. The number of ether oxygens (including phenoxy) is 1. The monoisotopic (exact) mass is 356 g/mol. The van der Waals surface area contributed by atoms with Crippen LogP contribution in [0.1, 0.15) is 27.9 Å². The number of alkyl halides is 1. The molecule has 0 bridgehead atoms. The van der Waals surface area contributed by atoms with E-state index in [-0.39, 0.29) is 5.56 Å². The molecule has 0 radical (unpaired) electrons. The van der Waals surface area contributed by atoms with E-state index in [2.05, 4.69) is 15.9 Å². The van der Waals surface area contributed by atoms with Crippen LogP contribution in [0.15, 0.2) is 30.3 Å². The van der Waals surface area contributed by atoms with Gasteiger partial charge in [0, 0.05) is 5.56 Å². The summed E-state index contributed by atoms with van der Waals surface area (Å²) in [5.74, 6) is -2.96. The van der Waals surface area contributed by atoms with E-state index in [0.29, 0.717) is 6.61 Å². The van der Waals surface area contributed by atoms with Crippen molar-refractivity contribution in [3.63, 3.8) is 0 Å².